The highest BCUT2D eigenvalue weighted by atomic mass is 19.3. The summed E-state index contributed by atoms with van der Waals surface area (Å²) in [6.45, 7) is 1.53. The smallest absolute Gasteiger partial charge is 0.263 e. The summed E-state index contributed by atoms with van der Waals surface area (Å²) in [5, 5.41) is 0. The molecule has 0 aliphatic heterocycles. The van der Waals surface area contributed by atoms with Crippen LogP contribution in [0.3, 0.4) is 0 Å². The molecular weight excluding hydrogens is 242 g/mol. The lowest BCUT2D eigenvalue weighted by Crippen LogP contribution is -2.22. The van der Waals surface area contributed by atoms with Crippen molar-refractivity contribution in [2.75, 3.05) is 7.11 Å². The minimum absolute atomic E-state index is 0.115. The van der Waals surface area contributed by atoms with Crippen molar-refractivity contribution in [3.8, 4) is 0 Å². The van der Waals surface area contributed by atoms with E-state index in [-0.39, 0.29) is 23.3 Å². The molecule has 3 nitrogen and oxygen atoms in total. The van der Waals surface area contributed by atoms with Crippen LogP contribution in [0.4, 0.5) is 8.78 Å². The minimum atomic E-state index is -2.63. The van der Waals surface area contributed by atoms with Crippen molar-refractivity contribution in [1.82, 2.24) is 0 Å². The normalized spacial score (nSPS) is 12.5. The second-order valence-corrected chi connectivity index (χ2v) is 3.87. The Labute approximate surface area is 104 Å². The van der Waals surface area contributed by atoms with Crippen molar-refractivity contribution in [3.63, 3.8) is 0 Å². The standard InChI is InChI=1S/C13H14F2O3/c1-8(18-2)11(16)7-12(17)9-4-3-5-10(6-9)13(14)15/h3-6,8,13H,7H2,1-2H3. The zero-order valence-electron chi connectivity index (χ0n) is 10.2. The number of Topliss-reactive ketones (excluding diaryl/α,β-unsaturated/α-hetero) is 2. The number of carbonyl (C=O) groups is 2. The lowest BCUT2D eigenvalue weighted by atomic mass is 10.0. The van der Waals surface area contributed by atoms with Gasteiger partial charge in [0.05, 0.1) is 6.42 Å². The number of rotatable bonds is 6. The molecule has 18 heavy (non-hydrogen) atoms. The number of methoxy groups -OCH3 is 1. The quantitative estimate of drug-likeness (QED) is 0.580. The van der Waals surface area contributed by atoms with E-state index in [1.54, 1.807) is 0 Å². The van der Waals surface area contributed by atoms with E-state index in [1.807, 2.05) is 0 Å². The van der Waals surface area contributed by atoms with Crippen LogP contribution in [0, 0.1) is 0 Å². The zero-order valence-corrected chi connectivity index (χ0v) is 10.2. The van der Waals surface area contributed by atoms with Gasteiger partial charge in [0.2, 0.25) is 0 Å². The second-order valence-electron chi connectivity index (χ2n) is 3.87. The van der Waals surface area contributed by atoms with Crippen LogP contribution in [-0.2, 0) is 9.53 Å². The highest BCUT2D eigenvalue weighted by Gasteiger charge is 2.18. The highest BCUT2D eigenvalue weighted by molar-refractivity contribution is 6.09. The molecule has 5 heteroatoms. The Morgan fingerprint density at radius 1 is 1.33 bits per heavy atom. The largest absolute Gasteiger partial charge is 0.374 e. The summed E-state index contributed by atoms with van der Waals surface area (Å²) in [5.41, 5.74) is -0.113. The molecule has 98 valence electrons. The first kappa shape index (κ1) is 14.4. The molecule has 0 amide bonds. The van der Waals surface area contributed by atoms with Crippen LogP contribution >= 0.6 is 0 Å². The van der Waals surface area contributed by atoms with E-state index in [0.29, 0.717) is 0 Å². The molecule has 0 saturated carbocycles. The maximum Gasteiger partial charge on any atom is 0.263 e. The predicted molar refractivity (Wildman–Crippen MR) is 61.8 cm³/mol. The van der Waals surface area contributed by atoms with E-state index < -0.39 is 18.3 Å². The van der Waals surface area contributed by atoms with Gasteiger partial charge in [-0.3, -0.25) is 9.59 Å². The summed E-state index contributed by atoms with van der Waals surface area (Å²) in [7, 11) is 1.37. The summed E-state index contributed by atoms with van der Waals surface area (Å²) in [4.78, 5) is 23.2. The van der Waals surface area contributed by atoms with Gasteiger partial charge in [-0.05, 0) is 13.0 Å². The Morgan fingerprint density at radius 3 is 2.56 bits per heavy atom. The van der Waals surface area contributed by atoms with Gasteiger partial charge in [0.1, 0.15) is 6.10 Å². The van der Waals surface area contributed by atoms with Crippen molar-refractivity contribution in [1.29, 1.82) is 0 Å². The van der Waals surface area contributed by atoms with Gasteiger partial charge in [0, 0.05) is 18.2 Å². The first-order valence-corrected chi connectivity index (χ1v) is 5.42. The van der Waals surface area contributed by atoms with Crippen LogP contribution in [0.15, 0.2) is 24.3 Å². The van der Waals surface area contributed by atoms with Crippen LogP contribution in [0.25, 0.3) is 0 Å². The zero-order chi connectivity index (χ0) is 13.7. The van der Waals surface area contributed by atoms with Crippen molar-refractivity contribution >= 4 is 11.6 Å². The average molecular weight is 256 g/mol. The molecular formula is C13H14F2O3. The third-order valence-corrected chi connectivity index (χ3v) is 2.60. The SMILES string of the molecule is COC(C)C(=O)CC(=O)c1cccc(C(F)F)c1. The topological polar surface area (TPSA) is 43.4 Å². The number of hydrogen-bond acceptors (Lipinski definition) is 3. The lowest BCUT2D eigenvalue weighted by Gasteiger charge is -2.08. The number of carbonyl (C=O) groups excluding carboxylic acids is 2. The number of ketones is 2. The van der Waals surface area contributed by atoms with Gasteiger partial charge in [-0.15, -0.1) is 0 Å². The molecule has 1 aromatic rings. The fourth-order valence-corrected chi connectivity index (χ4v) is 1.38. The Hall–Kier alpha value is -1.62. The van der Waals surface area contributed by atoms with E-state index in [0.717, 1.165) is 6.07 Å². The van der Waals surface area contributed by atoms with Crippen molar-refractivity contribution < 1.29 is 23.1 Å². The van der Waals surface area contributed by atoms with Gasteiger partial charge in [-0.2, -0.15) is 0 Å². The van der Waals surface area contributed by atoms with E-state index in [4.69, 9.17) is 4.74 Å². The Kier molecular flexibility index (Phi) is 5.09. The summed E-state index contributed by atoms with van der Waals surface area (Å²) in [6, 6.07) is 5.14. The van der Waals surface area contributed by atoms with E-state index in [1.165, 1.54) is 32.2 Å². The van der Waals surface area contributed by atoms with E-state index >= 15 is 0 Å². The van der Waals surface area contributed by atoms with Crippen molar-refractivity contribution in [2.45, 2.75) is 25.9 Å². The maximum atomic E-state index is 12.5. The Bertz CT molecular complexity index is 444. The molecule has 0 N–H and O–H groups in total. The molecule has 1 aromatic carbocycles. The Balaban J connectivity index is 2.78. The van der Waals surface area contributed by atoms with Crippen LogP contribution in [-0.4, -0.2) is 24.8 Å². The van der Waals surface area contributed by atoms with Crippen molar-refractivity contribution in [2.24, 2.45) is 0 Å². The molecule has 0 saturated heterocycles. The van der Waals surface area contributed by atoms with Crippen molar-refractivity contribution in [3.05, 3.63) is 35.4 Å². The molecule has 0 radical (unpaired) electrons. The van der Waals surface area contributed by atoms with E-state index in [2.05, 4.69) is 0 Å². The summed E-state index contributed by atoms with van der Waals surface area (Å²) in [5.74, 6) is -0.851. The van der Waals surface area contributed by atoms with Crippen LogP contribution in [0.5, 0.6) is 0 Å². The Morgan fingerprint density at radius 2 is 2.00 bits per heavy atom. The monoisotopic (exact) mass is 256 g/mol. The van der Waals surface area contributed by atoms with Crippen LogP contribution < -0.4 is 0 Å². The molecule has 0 bridgehead atoms. The number of hydrogen-bond donors (Lipinski definition) is 0. The van der Waals surface area contributed by atoms with Gasteiger partial charge in [-0.1, -0.05) is 18.2 Å². The molecule has 1 atom stereocenters. The van der Waals surface area contributed by atoms with Crippen LogP contribution in [0.1, 0.15) is 35.7 Å². The average Bonchev–Trinajstić information content (AvgIpc) is 2.37. The minimum Gasteiger partial charge on any atom is -0.374 e. The number of halogens is 2. The van der Waals surface area contributed by atoms with Gasteiger partial charge >= 0.3 is 0 Å². The maximum absolute atomic E-state index is 12.5. The third kappa shape index (κ3) is 3.70. The van der Waals surface area contributed by atoms with E-state index in [9.17, 15) is 18.4 Å². The molecule has 0 aliphatic carbocycles. The fraction of sp³-hybridized carbons (Fsp3) is 0.385. The predicted octanol–water partition coefficient (Wildman–Crippen LogP) is 2.80. The first-order valence-electron chi connectivity index (χ1n) is 5.42. The molecule has 0 aliphatic rings. The lowest BCUT2D eigenvalue weighted by molar-refractivity contribution is -0.126. The molecule has 0 fully saturated rings. The fourth-order valence-electron chi connectivity index (χ4n) is 1.38. The van der Waals surface area contributed by atoms with Gasteiger partial charge in [0.15, 0.2) is 11.6 Å². The summed E-state index contributed by atoms with van der Waals surface area (Å²) >= 11 is 0. The first-order chi connectivity index (χ1) is 8.45. The third-order valence-electron chi connectivity index (χ3n) is 2.60. The van der Waals surface area contributed by atoms with Gasteiger partial charge in [-0.25, -0.2) is 8.78 Å². The molecule has 1 unspecified atom stereocenters. The second kappa shape index (κ2) is 6.35. The number of benzene rings is 1. The number of alkyl halides is 2. The molecule has 0 aromatic heterocycles. The summed E-state index contributed by atoms with van der Waals surface area (Å²) in [6.07, 6.45) is -3.65. The number of ether oxygens (including phenoxy) is 1. The van der Waals surface area contributed by atoms with Gasteiger partial charge in [0.25, 0.3) is 6.43 Å². The summed E-state index contributed by atoms with van der Waals surface area (Å²) < 4.78 is 29.7. The molecule has 1 rings (SSSR count). The molecule has 0 spiro atoms. The highest BCUT2D eigenvalue weighted by Crippen LogP contribution is 2.20. The van der Waals surface area contributed by atoms with Crippen LogP contribution in [0.2, 0.25) is 0 Å². The van der Waals surface area contributed by atoms with Gasteiger partial charge < -0.3 is 4.74 Å². The molecule has 0 heterocycles.